The summed E-state index contributed by atoms with van der Waals surface area (Å²) in [6, 6.07) is 8.35. The van der Waals surface area contributed by atoms with Crippen molar-refractivity contribution in [3.8, 4) is 0 Å². The smallest absolute Gasteiger partial charge is 0.143 e. The number of allylic oxidation sites excluding steroid dienone is 4. The molecule has 152 valence electrons. The fraction of sp³-hybridized carbons (Fsp3) is 0.400. The lowest BCUT2D eigenvalue weighted by atomic mass is 9.73. The number of morpholine rings is 1. The molecule has 4 rings (SSSR count). The van der Waals surface area contributed by atoms with Crippen molar-refractivity contribution in [1.29, 1.82) is 0 Å². The first-order valence-corrected chi connectivity index (χ1v) is 10.3. The summed E-state index contributed by atoms with van der Waals surface area (Å²) in [7, 11) is 0. The van der Waals surface area contributed by atoms with Crippen molar-refractivity contribution in [2.45, 2.75) is 33.6 Å². The van der Waals surface area contributed by atoms with Crippen LogP contribution in [0, 0.1) is 12.3 Å². The van der Waals surface area contributed by atoms with E-state index in [1.807, 2.05) is 0 Å². The maximum Gasteiger partial charge on any atom is 0.143 e. The highest BCUT2D eigenvalue weighted by Gasteiger charge is 2.32. The summed E-state index contributed by atoms with van der Waals surface area (Å²) in [6.45, 7) is 9.75. The molecule has 0 radical (unpaired) electrons. The molecule has 2 aromatic rings. The molecule has 29 heavy (non-hydrogen) atoms. The maximum absolute atomic E-state index is 11.4. The Labute approximate surface area is 172 Å². The highest BCUT2D eigenvalue weighted by molar-refractivity contribution is 5.80. The lowest BCUT2D eigenvalue weighted by Crippen LogP contribution is -2.39. The average Bonchev–Trinajstić information content (AvgIpc) is 3.08. The van der Waals surface area contributed by atoms with Crippen LogP contribution in [0.4, 0.5) is 0 Å². The fourth-order valence-electron chi connectivity index (χ4n) is 4.44. The minimum atomic E-state index is 0.106. The Hall–Kier alpha value is -2.59. The molecular weight excluding hydrogens is 362 g/mol. The third-order valence-electron chi connectivity index (χ3n) is 5.69. The number of nitrogens with zero attached hydrogens (tertiary/aromatic N) is 1. The van der Waals surface area contributed by atoms with Gasteiger partial charge in [0.2, 0.25) is 0 Å². The molecule has 0 spiro atoms. The lowest BCUT2D eigenvalue weighted by molar-refractivity contribution is -0.104. The van der Waals surface area contributed by atoms with Crippen LogP contribution < -0.4 is 0 Å². The molecule has 1 aromatic heterocycles. The van der Waals surface area contributed by atoms with Crippen molar-refractivity contribution in [2.24, 2.45) is 5.41 Å². The molecule has 2 aliphatic rings. The number of fused-ring (bicyclic) bond motifs is 1. The van der Waals surface area contributed by atoms with Crippen molar-refractivity contribution in [2.75, 3.05) is 26.3 Å². The van der Waals surface area contributed by atoms with E-state index in [-0.39, 0.29) is 5.41 Å². The third-order valence-corrected chi connectivity index (χ3v) is 5.69. The zero-order chi connectivity index (χ0) is 20.4. The molecule has 0 bridgehead atoms. The van der Waals surface area contributed by atoms with Gasteiger partial charge in [0.25, 0.3) is 0 Å². The molecule has 1 aromatic carbocycles. The molecule has 0 unspecified atom stereocenters. The van der Waals surface area contributed by atoms with Gasteiger partial charge in [-0.3, -0.25) is 4.79 Å². The van der Waals surface area contributed by atoms with Crippen LogP contribution in [0.5, 0.6) is 0 Å². The first-order valence-electron chi connectivity index (χ1n) is 10.3. The summed E-state index contributed by atoms with van der Waals surface area (Å²) in [5.41, 5.74) is 5.79. The Kier molecular flexibility index (Phi) is 5.46. The predicted molar refractivity (Wildman–Crippen MR) is 117 cm³/mol. The summed E-state index contributed by atoms with van der Waals surface area (Å²) in [5.74, 6) is 0.851. The Bertz CT molecular complexity index is 1000. The van der Waals surface area contributed by atoms with E-state index in [2.05, 4.69) is 62.1 Å². The van der Waals surface area contributed by atoms with Crippen LogP contribution in [-0.4, -0.2) is 37.5 Å². The Morgan fingerprint density at radius 2 is 1.86 bits per heavy atom. The number of carbonyl (C=O) groups is 1. The van der Waals surface area contributed by atoms with Gasteiger partial charge in [0.15, 0.2) is 0 Å². The first-order chi connectivity index (χ1) is 13.9. The van der Waals surface area contributed by atoms with Crippen molar-refractivity contribution >= 4 is 23.3 Å². The Balaban J connectivity index is 1.74. The quantitative estimate of drug-likeness (QED) is 0.525. The molecule has 0 saturated carbocycles. The van der Waals surface area contributed by atoms with Crippen LogP contribution in [0.3, 0.4) is 0 Å². The molecule has 0 atom stereocenters. The van der Waals surface area contributed by atoms with Gasteiger partial charge in [0.1, 0.15) is 17.6 Å². The van der Waals surface area contributed by atoms with Crippen LogP contribution in [-0.2, 0) is 9.53 Å². The normalized spacial score (nSPS) is 21.5. The third kappa shape index (κ3) is 4.38. The van der Waals surface area contributed by atoms with Crippen LogP contribution in [0.15, 0.2) is 57.7 Å². The number of aryl methyl sites for hydroxylation is 1. The van der Waals surface area contributed by atoms with Crippen LogP contribution in [0.1, 0.15) is 38.0 Å². The van der Waals surface area contributed by atoms with E-state index in [4.69, 9.17) is 9.15 Å². The summed E-state index contributed by atoms with van der Waals surface area (Å²) < 4.78 is 11.6. The van der Waals surface area contributed by atoms with Gasteiger partial charge in [-0.2, -0.15) is 0 Å². The van der Waals surface area contributed by atoms with Gasteiger partial charge in [0, 0.05) is 24.2 Å². The molecule has 1 aliphatic carbocycles. The van der Waals surface area contributed by atoms with Crippen LogP contribution in [0.2, 0.25) is 0 Å². The fourth-order valence-corrected chi connectivity index (χ4v) is 4.44. The molecule has 4 nitrogen and oxygen atoms in total. The van der Waals surface area contributed by atoms with Gasteiger partial charge in [-0.1, -0.05) is 32.1 Å². The lowest BCUT2D eigenvalue weighted by Gasteiger charge is -2.40. The van der Waals surface area contributed by atoms with E-state index in [0.29, 0.717) is 0 Å². The molecule has 1 fully saturated rings. The molecule has 2 heterocycles. The maximum atomic E-state index is 11.4. The Morgan fingerprint density at radius 3 is 2.62 bits per heavy atom. The van der Waals surface area contributed by atoms with Crippen molar-refractivity contribution in [1.82, 2.24) is 4.90 Å². The molecule has 1 aliphatic heterocycles. The number of rotatable bonds is 4. The minimum absolute atomic E-state index is 0.106. The highest BCUT2D eigenvalue weighted by atomic mass is 16.5. The van der Waals surface area contributed by atoms with Crippen LogP contribution >= 0.6 is 0 Å². The van der Waals surface area contributed by atoms with Gasteiger partial charge in [-0.05, 0) is 66.2 Å². The highest BCUT2D eigenvalue weighted by Crippen LogP contribution is 2.43. The number of hydrogen-bond acceptors (Lipinski definition) is 4. The van der Waals surface area contributed by atoms with E-state index in [1.54, 1.807) is 6.08 Å². The number of hydrogen-bond donors (Lipinski definition) is 0. The van der Waals surface area contributed by atoms with Gasteiger partial charge >= 0.3 is 0 Å². The summed E-state index contributed by atoms with van der Waals surface area (Å²) in [4.78, 5) is 13.7. The predicted octanol–water partition coefficient (Wildman–Crippen LogP) is 5.29. The second-order valence-corrected chi connectivity index (χ2v) is 8.84. The minimum Gasteiger partial charge on any atom is -0.457 e. The van der Waals surface area contributed by atoms with Gasteiger partial charge in [-0.15, -0.1) is 0 Å². The standard InChI is InChI=1S/C25H29NO3/c1-18-4-5-19-15-22(29-23(19)14-18)7-6-20-16-25(2,3)17-21(8-11-27)24(20)26-9-12-28-13-10-26/h4-8,11,14-15H,9-10,12-13,16-17H2,1-3H3/b7-6+,21-8+. The Morgan fingerprint density at radius 1 is 1.07 bits per heavy atom. The van der Waals surface area contributed by atoms with E-state index in [1.165, 1.54) is 16.8 Å². The van der Waals surface area contributed by atoms with E-state index in [0.717, 1.165) is 67.7 Å². The topological polar surface area (TPSA) is 42.7 Å². The van der Waals surface area contributed by atoms with Crippen LogP contribution in [0.25, 0.3) is 17.0 Å². The number of ether oxygens (including phenoxy) is 1. The largest absolute Gasteiger partial charge is 0.457 e. The number of aldehydes is 1. The van der Waals surface area contributed by atoms with E-state index >= 15 is 0 Å². The molecular formula is C25H29NO3. The summed E-state index contributed by atoms with van der Waals surface area (Å²) in [6.07, 6.45) is 8.76. The zero-order valence-electron chi connectivity index (χ0n) is 17.5. The first kappa shape index (κ1) is 19.7. The monoisotopic (exact) mass is 391 g/mol. The average molecular weight is 392 g/mol. The molecule has 4 heteroatoms. The number of benzene rings is 1. The number of carbonyl (C=O) groups excluding carboxylic acids is 1. The molecule has 1 saturated heterocycles. The summed E-state index contributed by atoms with van der Waals surface area (Å²) in [5, 5.41) is 1.11. The van der Waals surface area contributed by atoms with E-state index < -0.39 is 0 Å². The van der Waals surface area contributed by atoms with Gasteiger partial charge in [-0.25, -0.2) is 0 Å². The SMILES string of the molecule is Cc1ccc2cc(/C=C/C3=C(N4CCOCC4)C(=C/C=O)/CC(C)(C)C3)oc2c1. The van der Waals surface area contributed by atoms with Crippen molar-refractivity contribution in [3.63, 3.8) is 0 Å². The molecule has 0 amide bonds. The number of furan rings is 1. The summed E-state index contributed by atoms with van der Waals surface area (Å²) >= 11 is 0. The van der Waals surface area contributed by atoms with Gasteiger partial charge < -0.3 is 14.1 Å². The second kappa shape index (κ2) is 8.03. The van der Waals surface area contributed by atoms with Gasteiger partial charge in [0.05, 0.1) is 13.2 Å². The van der Waals surface area contributed by atoms with E-state index in [9.17, 15) is 4.79 Å². The zero-order valence-corrected chi connectivity index (χ0v) is 17.5. The second-order valence-electron chi connectivity index (χ2n) is 8.84. The molecule has 0 N–H and O–H groups in total. The van der Waals surface area contributed by atoms with Crippen molar-refractivity contribution < 1.29 is 13.9 Å². The van der Waals surface area contributed by atoms with Crippen molar-refractivity contribution in [3.05, 3.63) is 64.6 Å².